The first-order valence-corrected chi connectivity index (χ1v) is 10.8. The Morgan fingerprint density at radius 1 is 1.14 bits per heavy atom. The van der Waals surface area contributed by atoms with Gasteiger partial charge >= 0.3 is 0 Å². The minimum atomic E-state index is -0.0796. The molecule has 0 radical (unpaired) electrons. The summed E-state index contributed by atoms with van der Waals surface area (Å²) in [5.41, 5.74) is 4.53. The second kappa shape index (κ2) is 8.35. The lowest BCUT2D eigenvalue weighted by molar-refractivity contribution is 0.227. The summed E-state index contributed by atoms with van der Waals surface area (Å²) in [6.07, 6.45) is 0. The van der Waals surface area contributed by atoms with Crippen LogP contribution in [0, 0.1) is 12.8 Å². The summed E-state index contributed by atoms with van der Waals surface area (Å²) in [7, 11) is 0. The van der Waals surface area contributed by atoms with Gasteiger partial charge in [-0.05, 0) is 29.9 Å². The number of H-pyrrole nitrogens is 1. The van der Waals surface area contributed by atoms with Crippen LogP contribution < -0.4 is 5.56 Å². The first-order valence-electron chi connectivity index (χ1n) is 9.91. The minimum absolute atomic E-state index is 0.0796. The average Bonchev–Trinajstić information content (AvgIpc) is 3.31. The Morgan fingerprint density at radius 3 is 2.62 bits per heavy atom. The Balaban J connectivity index is 1.62. The Labute approximate surface area is 174 Å². The summed E-state index contributed by atoms with van der Waals surface area (Å²) in [6.45, 7) is 8.98. The molecule has 0 saturated carbocycles. The lowest BCUT2D eigenvalue weighted by Crippen LogP contribution is -2.28. The molecule has 4 rings (SSSR count). The van der Waals surface area contributed by atoms with Crippen molar-refractivity contribution < 1.29 is 0 Å². The van der Waals surface area contributed by atoms with Gasteiger partial charge in [-0.2, -0.15) is 0 Å². The van der Waals surface area contributed by atoms with Crippen LogP contribution in [0.15, 0.2) is 58.7 Å². The number of hydrogen-bond acceptors (Lipinski definition) is 4. The minimum Gasteiger partial charge on any atom is -0.292 e. The fraction of sp³-hybridized carbons (Fsp3) is 0.304. The molecule has 3 aromatic heterocycles. The molecule has 0 bridgehead atoms. The van der Waals surface area contributed by atoms with Crippen molar-refractivity contribution in [2.45, 2.75) is 33.9 Å². The maximum atomic E-state index is 12.7. The molecule has 0 aliphatic rings. The molecule has 0 aliphatic heterocycles. The Morgan fingerprint density at radius 2 is 1.93 bits per heavy atom. The molecule has 1 N–H and O–H groups in total. The molecule has 0 unspecified atom stereocenters. The van der Waals surface area contributed by atoms with E-state index in [0.29, 0.717) is 18.1 Å². The van der Waals surface area contributed by atoms with Crippen LogP contribution >= 0.6 is 11.3 Å². The second-order valence-electron chi connectivity index (χ2n) is 7.96. The van der Waals surface area contributed by atoms with E-state index in [2.05, 4.69) is 72.5 Å². The maximum Gasteiger partial charge on any atom is 0.272 e. The molecule has 0 spiro atoms. The van der Waals surface area contributed by atoms with Crippen LogP contribution in [-0.2, 0) is 13.1 Å². The van der Waals surface area contributed by atoms with E-state index in [0.717, 1.165) is 30.0 Å². The van der Waals surface area contributed by atoms with Gasteiger partial charge in [0.25, 0.3) is 5.56 Å². The number of rotatable bonds is 7. The Kier molecular flexibility index (Phi) is 5.65. The first-order chi connectivity index (χ1) is 14.0. The van der Waals surface area contributed by atoms with Gasteiger partial charge in [0.2, 0.25) is 0 Å². The highest BCUT2D eigenvalue weighted by Gasteiger charge is 2.13. The largest absolute Gasteiger partial charge is 0.292 e. The Hall–Kier alpha value is -2.70. The fourth-order valence-electron chi connectivity index (χ4n) is 3.56. The van der Waals surface area contributed by atoms with Crippen molar-refractivity contribution in [1.29, 1.82) is 0 Å². The first kappa shape index (κ1) is 19.6. The van der Waals surface area contributed by atoms with E-state index < -0.39 is 0 Å². The van der Waals surface area contributed by atoms with E-state index in [4.69, 9.17) is 4.98 Å². The molecule has 150 valence electrons. The molecule has 29 heavy (non-hydrogen) atoms. The van der Waals surface area contributed by atoms with E-state index in [1.165, 1.54) is 15.0 Å². The zero-order valence-corrected chi connectivity index (χ0v) is 17.9. The van der Waals surface area contributed by atoms with E-state index >= 15 is 0 Å². The summed E-state index contributed by atoms with van der Waals surface area (Å²) in [5, 5.41) is 5.28. The van der Waals surface area contributed by atoms with Crippen LogP contribution in [-0.4, -0.2) is 26.0 Å². The van der Waals surface area contributed by atoms with Gasteiger partial charge in [-0.15, -0.1) is 11.3 Å². The van der Waals surface area contributed by atoms with Gasteiger partial charge in [0.1, 0.15) is 0 Å². The number of hydrogen-bond donors (Lipinski definition) is 1. The molecule has 5 nitrogen and oxygen atoms in total. The summed E-state index contributed by atoms with van der Waals surface area (Å²) >= 11 is 1.76. The van der Waals surface area contributed by atoms with Gasteiger partial charge in [0.05, 0.1) is 11.4 Å². The van der Waals surface area contributed by atoms with Crippen LogP contribution in [0.25, 0.3) is 16.9 Å². The third kappa shape index (κ3) is 4.66. The van der Waals surface area contributed by atoms with Crippen LogP contribution in [0.2, 0.25) is 0 Å². The third-order valence-corrected chi connectivity index (χ3v) is 5.70. The highest BCUT2D eigenvalue weighted by atomic mass is 32.1. The van der Waals surface area contributed by atoms with Crippen LogP contribution in [0.4, 0.5) is 0 Å². The van der Waals surface area contributed by atoms with Gasteiger partial charge in [-0.3, -0.25) is 14.8 Å². The van der Waals surface area contributed by atoms with Crippen molar-refractivity contribution in [1.82, 2.24) is 19.5 Å². The summed E-state index contributed by atoms with van der Waals surface area (Å²) in [5.74, 6) is 0.542. The van der Waals surface area contributed by atoms with E-state index in [1.807, 2.05) is 6.07 Å². The topological polar surface area (TPSA) is 53.4 Å². The van der Waals surface area contributed by atoms with Gasteiger partial charge in [0.15, 0.2) is 5.65 Å². The molecule has 0 atom stereocenters. The normalized spacial score (nSPS) is 11.8. The highest BCUT2D eigenvalue weighted by Crippen LogP contribution is 2.20. The lowest BCUT2D eigenvalue weighted by atomic mass is 10.1. The predicted molar refractivity (Wildman–Crippen MR) is 119 cm³/mol. The second-order valence-corrected chi connectivity index (χ2v) is 8.99. The van der Waals surface area contributed by atoms with Crippen molar-refractivity contribution in [3.8, 4) is 11.3 Å². The number of nitrogens with one attached hydrogen (secondary N) is 1. The number of fused-ring (bicyclic) bond motifs is 1. The summed E-state index contributed by atoms with van der Waals surface area (Å²) in [6, 6.07) is 16.1. The summed E-state index contributed by atoms with van der Waals surface area (Å²) in [4.78, 5) is 21.2. The SMILES string of the molecule is Cc1ccc(-c2cc3nc(CN(Cc4cccs4)CC(C)C)cc(=O)n3[nH]2)cc1. The van der Waals surface area contributed by atoms with Crippen molar-refractivity contribution in [3.05, 3.63) is 80.4 Å². The number of aromatic amines is 1. The quantitative estimate of drug-likeness (QED) is 0.483. The van der Waals surface area contributed by atoms with E-state index in [-0.39, 0.29) is 5.56 Å². The molecule has 0 amide bonds. The van der Waals surface area contributed by atoms with Gasteiger partial charge in [0, 0.05) is 36.6 Å². The van der Waals surface area contributed by atoms with Gasteiger partial charge < -0.3 is 0 Å². The molecule has 0 fully saturated rings. The standard InChI is InChI=1S/C23H26N4OS/c1-16(2)13-26(15-20-5-4-10-29-20)14-19-11-23(28)27-22(24-19)12-21(25-27)18-8-6-17(3)7-9-18/h4-12,16,25H,13-15H2,1-3H3. The van der Waals surface area contributed by atoms with Crippen molar-refractivity contribution in [3.63, 3.8) is 0 Å². The number of aromatic nitrogens is 3. The summed E-state index contributed by atoms with van der Waals surface area (Å²) < 4.78 is 1.52. The number of benzene rings is 1. The van der Waals surface area contributed by atoms with Gasteiger partial charge in [-0.25, -0.2) is 9.50 Å². The smallest absolute Gasteiger partial charge is 0.272 e. The molecule has 1 aromatic carbocycles. The fourth-order valence-corrected chi connectivity index (χ4v) is 4.30. The highest BCUT2D eigenvalue weighted by molar-refractivity contribution is 7.09. The van der Waals surface area contributed by atoms with Crippen LogP contribution in [0.3, 0.4) is 0 Å². The molecule has 3 heterocycles. The lowest BCUT2D eigenvalue weighted by Gasteiger charge is -2.23. The molecular weight excluding hydrogens is 380 g/mol. The Bertz CT molecular complexity index is 1140. The molecule has 0 saturated heterocycles. The van der Waals surface area contributed by atoms with Crippen molar-refractivity contribution >= 4 is 17.0 Å². The van der Waals surface area contributed by atoms with Crippen molar-refractivity contribution in [2.75, 3.05) is 6.54 Å². The monoisotopic (exact) mass is 406 g/mol. The molecule has 4 aromatic rings. The zero-order chi connectivity index (χ0) is 20.4. The zero-order valence-electron chi connectivity index (χ0n) is 17.1. The van der Waals surface area contributed by atoms with E-state index in [9.17, 15) is 4.79 Å². The third-order valence-electron chi connectivity index (χ3n) is 4.83. The van der Waals surface area contributed by atoms with Gasteiger partial charge in [-0.1, -0.05) is 49.7 Å². The number of aryl methyl sites for hydroxylation is 1. The number of thiophene rings is 1. The number of nitrogens with zero attached hydrogens (tertiary/aromatic N) is 3. The molecule has 0 aliphatic carbocycles. The van der Waals surface area contributed by atoms with Crippen molar-refractivity contribution in [2.24, 2.45) is 5.92 Å². The average molecular weight is 407 g/mol. The molecular formula is C23H26N4OS. The predicted octanol–water partition coefficient (Wildman–Crippen LogP) is 4.72. The van der Waals surface area contributed by atoms with Crippen LogP contribution in [0.1, 0.15) is 30.0 Å². The molecule has 6 heteroatoms. The van der Waals surface area contributed by atoms with E-state index in [1.54, 1.807) is 17.4 Å². The van der Waals surface area contributed by atoms with Crippen LogP contribution in [0.5, 0.6) is 0 Å². The maximum absolute atomic E-state index is 12.7.